The highest BCUT2D eigenvalue weighted by atomic mass is 15.3. The van der Waals surface area contributed by atoms with Crippen molar-refractivity contribution in [2.75, 3.05) is 5.73 Å². The number of aryl methyl sites for hydroxylation is 2. The first-order chi connectivity index (χ1) is 8.74. The van der Waals surface area contributed by atoms with E-state index in [2.05, 4.69) is 28.4 Å². The maximum Gasteiger partial charge on any atom is 0.117 e. The van der Waals surface area contributed by atoms with Crippen LogP contribution in [0.15, 0.2) is 6.07 Å². The molecule has 0 spiro atoms. The molecular weight excluding hydrogens is 224 g/mol. The van der Waals surface area contributed by atoms with Crippen molar-refractivity contribution in [1.29, 1.82) is 0 Å². The van der Waals surface area contributed by atoms with E-state index in [1.165, 1.54) is 37.7 Å². The summed E-state index contributed by atoms with van der Waals surface area (Å²) in [6, 6.07) is 2.07. The summed E-state index contributed by atoms with van der Waals surface area (Å²) >= 11 is 0. The average Bonchev–Trinajstić information content (AvgIpc) is 2.83. The van der Waals surface area contributed by atoms with Crippen molar-refractivity contribution in [2.45, 2.75) is 52.4 Å². The van der Waals surface area contributed by atoms with Gasteiger partial charge in [-0.3, -0.25) is 0 Å². The number of nitrogen functional groups attached to an aromatic ring is 1. The van der Waals surface area contributed by atoms with Gasteiger partial charge in [0.15, 0.2) is 0 Å². The number of rotatable bonds is 6. The van der Waals surface area contributed by atoms with E-state index in [-0.39, 0.29) is 0 Å². The fraction of sp³-hybridized carbons (Fsp3) is 0.571. The molecule has 0 aliphatic heterocycles. The zero-order valence-electron chi connectivity index (χ0n) is 11.3. The largest absolute Gasteiger partial charge is 0.398 e. The predicted octanol–water partition coefficient (Wildman–Crippen LogP) is 3.36. The number of aromatic nitrogens is 3. The zero-order chi connectivity index (χ0) is 13.0. The highest BCUT2D eigenvalue weighted by Crippen LogP contribution is 2.26. The van der Waals surface area contributed by atoms with Crippen molar-refractivity contribution in [3.8, 4) is 0 Å². The Morgan fingerprint density at radius 2 is 1.94 bits per heavy atom. The van der Waals surface area contributed by atoms with Crippen molar-refractivity contribution < 1.29 is 0 Å². The number of aromatic amines is 1. The van der Waals surface area contributed by atoms with E-state index in [4.69, 9.17) is 5.73 Å². The molecule has 1 heterocycles. The van der Waals surface area contributed by atoms with E-state index >= 15 is 0 Å². The van der Waals surface area contributed by atoms with Crippen LogP contribution in [0.4, 0.5) is 5.69 Å². The molecule has 0 saturated heterocycles. The molecule has 2 rings (SSSR count). The molecule has 1 aromatic heterocycles. The van der Waals surface area contributed by atoms with E-state index in [1.807, 2.05) is 6.92 Å². The summed E-state index contributed by atoms with van der Waals surface area (Å²) in [7, 11) is 0. The van der Waals surface area contributed by atoms with Crippen molar-refractivity contribution in [2.24, 2.45) is 0 Å². The smallest absolute Gasteiger partial charge is 0.117 e. The second-order valence-corrected chi connectivity index (χ2v) is 4.93. The highest BCUT2D eigenvalue weighted by molar-refractivity contribution is 5.84. The van der Waals surface area contributed by atoms with Crippen molar-refractivity contribution in [3.63, 3.8) is 0 Å². The molecule has 4 heteroatoms. The number of nitrogens with one attached hydrogen (secondary N) is 1. The van der Waals surface area contributed by atoms with Crippen LogP contribution in [-0.2, 0) is 6.42 Å². The van der Waals surface area contributed by atoms with Gasteiger partial charge < -0.3 is 5.73 Å². The monoisotopic (exact) mass is 246 g/mol. The Balaban J connectivity index is 2.06. The van der Waals surface area contributed by atoms with Crippen molar-refractivity contribution in [3.05, 3.63) is 17.2 Å². The number of hydrogen-bond acceptors (Lipinski definition) is 3. The van der Waals surface area contributed by atoms with Gasteiger partial charge in [0.25, 0.3) is 0 Å². The zero-order valence-corrected chi connectivity index (χ0v) is 11.3. The highest BCUT2D eigenvalue weighted by Gasteiger charge is 2.10. The molecule has 0 aliphatic rings. The first-order valence-electron chi connectivity index (χ1n) is 6.82. The number of H-pyrrole nitrogens is 1. The summed E-state index contributed by atoms with van der Waals surface area (Å²) < 4.78 is 0. The fourth-order valence-electron chi connectivity index (χ4n) is 2.35. The summed E-state index contributed by atoms with van der Waals surface area (Å²) in [6.45, 7) is 4.25. The number of benzene rings is 1. The molecule has 1 aromatic carbocycles. The second-order valence-electron chi connectivity index (χ2n) is 4.93. The molecule has 4 nitrogen and oxygen atoms in total. The Morgan fingerprint density at radius 3 is 2.72 bits per heavy atom. The Labute approximate surface area is 108 Å². The normalized spacial score (nSPS) is 11.2. The number of fused-ring (bicyclic) bond motifs is 1. The van der Waals surface area contributed by atoms with Gasteiger partial charge in [0.1, 0.15) is 11.0 Å². The molecular formula is C14H22N4. The summed E-state index contributed by atoms with van der Waals surface area (Å²) in [5, 5.41) is 10.9. The third-order valence-electron chi connectivity index (χ3n) is 3.54. The van der Waals surface area contributed by atoms with Crippen LogP contribution in [0.1, 0.15) is 50.2 Å². The Morgan fingerprint density at radius 1 is 1.17 bits per heavy atom. The van der Waals surface area contributed by atoms with Crippen LogP contribution in [0, 0.1) is 6.92 Å². The average molecular weight is 246 g/mol. The van der Waals surface area contributed by atoms with E-state index < -0.39 is 0 Å². The minimum Gasteiger partial charge on any atom is -0.398 e. The lowest BCUT2D eigenvalue weighted by molar-refractivity contribution is 0.632. The minimum absolute atomic E-state index is 0.881. The third-order valence-corrected chi connectivity index (χ3v) is 3.54. The van der Waals surface area contributed by atoms with Gasteiger partial charge in [-0.05, 0) is 31.4 Å². The molecule has 0 fully saturated rings. The van der Waals surface area contributed by atoms with Gasteiger partial charge in [-0.2, -0.15) is 15.4 Å². The van der Waals surface area contributed by atoms with Crippen LogP contribution in [0.3, 0.4) is 0 Å². The number of hydrogen-bond donors (Lipinski definition) is 2. The van der Waals surface area contributed by atoms with Crippen LogP contribution in [0.25, 0.3) is 11.0 Å². The SMILES string of the molecule is CCCCCCCc1cc2n[nH]nc2c(C)c1N. The lowest BCUT2D eigenvalue weighted by Crippen LogP contribution is -1.99. The van der Waals surface area contributed by atoms with Crippen LogP contribution in [-0.4, -0.2) is 15.4 Å². The Bertz CT molecular complexity index is 516. The third kappa shape index (κ3) is 2.63. The molecule has 2 aromatic rings. The van der Waals surface area contributed by atoms with E-state index in [9.17, 15) is 0 Å². The number of unbranched alkanes of at least 4 members (excludes halogenated alkanes) is 4. The van der Waals surface area contributed by atoms with E-state index in [0.29, 0.717) is 0 Å². The molecule has 0 amide bonds. The molecule has 0 atom stereocenters. The number of anilines is 1. The van der Waals surface area contributed by atoms with Gasteiger partial charge in [-0.25, -0.2) is 0 Å². The first kappa shape index (κ1) is 12.9. The molecule has 0 bridgehead atoms. The molecule has 0 radical (unpaired) electrons. The summed E-state index contributed by atoms with van der Waals surface area (Å²) in [4.78, 5) is 0. The quantitative estimate of drug-likeness (QED) is 0.606. The molecule has 0 unspecified atom stereocenters. The molecule has 0 saturated carbocycles. The van der Waals surface area contributed by atoms with Crippen LogP contribution >= 0.6 is 0 Å². The Kier molecular flexibility index (Phi) is 4.18. The lowest BCUT2D eigenvalue weighted by Gasteiger charge is -2.08. The van der Waals surface area contributed by atoms with Crippen LogP contribution in [0.5, 0.6) is 0 Å². The number of nitrogens with zero attached hydrogens (tertiary/aromatic N) is 2. The van der Waals surface area contributed by atoms with Gasteiger partial charge >= 0.3 is 0 Å². The van der Waals surface area contributed by atoms with Gasteiger partial charge in [0.2, 0.25) is 0 Å². The Hall–Kier alpha value is -1.58. The summed E-state index contributed by atoms with van der Waals surface area (Å²) in [5.74, 6) is 0. The number of nitrogens with two attached hydrogens (primary N) is 1. The molecule has 0 aliphatic carbocycles. The van der Waals surface area contributed by atoms with E-state index in [1.54, 1.807) is 0 Å². The maximum atomic E-state index is 6.17. The topological polar surface area (TPSA) is 67.6 Å². The first-order valence-corrected chi connectivity index (χ1v) is 6.82. The van der Waals surface area contributed by atoms with Gasteiger partial charge in [-0.1, -0.05) is 32.6 Å². The van der Waals surface area contributed by atoms with Gasteiger partial charge in [0, 0.05) is 11.3 Å². The lowest BCUT2D eigenvalue weighted by atomic mass is 10.0. The standard InChI is InChI=1S/C14H22N4/c1-3-4-5-6-7-8-11-9-12-14(17-18-16-12)10(2)13(11)15/h9H,3-8,15H2,1-2H3,(H,16,17,18). The second kappa shape index (κ2) is 5.85. The summed E-state index contributed by atoms with van der Waals surface area (Å²) in [6.07, 6.45) is 7.46. The summed E-state index contributed by atoms with van der Waals surface area (Å²) in [5.41, 5.74) is 11.1. The molecule has 18 heavy (non-hydrogen) atoms. The molecule has 98 valence electrons. The van der Waals surface area contributed by atoms with E-state index in [0.717, 1.165) is 28.7 Å². The van der Waals surface area contributed by atoms with Crippen molar-refractivity contribution >= 4 is 16.7 Å². The van der Waals surface area contributed by atoms with Crippen molar-refractivity contribution in [1.82, 2.24) is 15.4 Å². The van der Waals surface area contributed by atoms with Gasteiger partial charge in [-0.15, -0.1) is 0 Å². The van der Waals surface area contributed by atoms with Gasteiger partial charge in [0.05, 0.1) is 0 Å². The maximum absolute atomic E-state index is 6.17. The minimum atomic E-state index is 0.881. The predicted molar refractivity (Wildman–Crippen MR) is 75.5 cm³/mol. The van der Waals surface area contributed by atoms with Crippen LogP contribution < -0.4 is 5.73 Å². The van der Waals surface area contributed by atoms with Crippen LogP contribution in [0.2, 0.25) is 0 Å². The molecule has 3 N–H and O–H groups in total. The fourth-order valence-corrected chi connectivity index (χ4v) is 2.35.